The lowest BCUT2D eigenvalue weighted by Gasteiger charge is -2.43. The van der Waals surface area contributed by atoms with Gasteiger partial charge in [0.15, 0.2) is 0 Å². The third kappa shape index (κ3) is 2.22. The Morgan fingerprint density at radius 3 is 2.61 bits per heavy atom. The van der Waals surface area contributed by atoms with Gasteiger partial charge in [-0.05, 0) is 38.5 Å². The SMILES string of the molecule is O=CC1(CN2C3CCC2CC(O)C3)CCCOC1. The minimum atomic E-state index is -0.290. The van der Waals surface area contributed by atoms with Gasteiger partial charge in [0, 0.05) is 25.2 Å². The van der Waals surface area contributed by atoms with Crippen LogP contribution in [0.5, 0.6) is 0 Å². The van der Waals surface area contributed by atoms with E-state index in [2.05, 4.69) is 4.90 Å². The second-order valence-corrected chi connectivity index (χ2v) is 6.32. The molecule has 0 aromatic rings. The third-order valence-corrected chi connectivity index (χ3v) is 4.96. The zero-order chi connectivity index (χ0) is 12.6. The Labute approximate surface area is 108 Å². The summed E-state index contributed by atoms with van der Waals surface area (Å²) in [6, 6.07) is 0.968. The fraction of sp³-hybridized carbons (Fsp3) is 0.929. The van der Waals surface area contributed by atoms with Crippen molar-refractivity contribution in [1.82, 2.24) is 4.90 Å². The zero-order valence-electron chi connectivity index (χ0n) is 10.9. The average molecular weight is 253 g/mol. The second-order valence-electron chi connectivity index (χ2n) is 6.32. The summed E-state index contributed by atoms with van der Waals surface area (Å²) in [4.78, 5) is 14.0. The first-order valence-electron chi connectivity index (χ1n) is 7.20. The molecule has 0 aliphatic carbocycles. The molecular weight excluding hydrogens is 230 g/mol. The fourth-order valence-corrected chi connectivity index (χ4v) is 4.00. The largest absolute Gasteiger partial charge is 0.393 e. The van der Waals surface area contributed by atoms with Crippen LogP contribution in [0.3, 0.4) is 0 Å². The van der Waals surface area contributed by atoms with Gasteiger partial charge in [0.05, 0.1) is 18.1 Å². The number of hydrogen-bond donors (Lipinski definition) is 1. The van der Waals surface area contributed by atoms with Gasteiger partial charge >= 0.3 is 0 Å². The van der Waals surface area contributed by atoms with Crippen LogP contribution in [0.15, 0.2) is 0 Å². The molecule has 3 saturated heterocycles. The molecule has 3 rings (SSSR count). The second kappa shape index (κ2) is 4.91. The molecule has 0 spiro atoms. The topological polar surface area (TPSA) is 49.8 Å². The highest BCUT2D eigenvalue weighted by atomic mass is 16.5. The van der Waals surface area contributed by atoms with Gasteiger partial charge in [0.25, 0.3) is 0 Å². The summed E-state index contributed by atoms with van der Waals surface area (Å²) >= 11 is 0. The van der Waals surface area contributed by atoms with Crippen LogP contribution < -0.4 is 0 Å². The Morgan fingerprint density at radius 1 is 1.33 bits per heavy atom. The summed E-state index contributed by atoms with van der Waals surface area (Å²) < 4.78 is 5.52. The molecule has 3 fully saturated rings. The molecule has 3 heterocycles. The molecule has 3 aliphatic heterocycles. The Hall–Kier alpha value is -0.450. The van der Waals surface area contributed by atoms with Crippen molar-refractivity contribution in [3.05, 3.63) is 0 Å². The van der Waals surface area contributed by atoms with E-state index in [0.717, 1.165) is 45.1 Å². The van der Waals surface area contributed by atoms with E-state index in [4.69, 9.17) is 4.74 Å². The highest BCUT2D eigenvalue weighted by molar-refractivity contribution is 5.60. The van der Waals surface area contributed by atoms with Crippen molar-refractivity contribution in [3.63, 3.8) is 0 Å². The normalized spacial score (nSPS) is 45.1. The minimum Gasteiger partial charge on any atom is -0.393 e. The molecule has 3 aliphatic rings. The van der Waals surface area contributed by atoms with Gasteiger partial charge in [-0.15, -0.1) is 0 Å². The summed E-state index contributed by atoms with van der Waals surface area (Å²) in [6.45, 7) is 2.20. The van der Waals surface area contributed by atoms with Crippen molar-refractivity contribution in [2.24, 2.45) is 5.41 Å². The molecule has 4 nitrogen and oxygen atoms in total. The first-order chi connectivity index (χ1) is 8.72. The minimum absolute atomic E-state index is 0.131. The quantitative estimate of drug-likeness (QED) is 0.761. The van der Waals surface area contributed by atoms with Crippen LogP contribution in [0.2, 0.25) is 0 Å². The number of piperidine rings is 1. The van der Waals surface area contributed by atoms with Gasteiger partial charge in [-0.2, -0.15) is 0 Å². The molecule has 0 aromatic carbocycles. The highest BCUT2D eigenvalue weighted by Crippen LogP contribution is 2.39. The van der Waals surface area contributed by atoms with E-state index in [-0.39, 0.29) is 11.5 Å². The molecule has 0 aromatic heterocycles. The molecule has 4 heteroatoms. The maximum absolute atomic E-state index is 11.5. The summed E-state index contributed by atoms with van der Waals surface area (Å²) in [5.41, 5.74) is -0.290. The van der Waals surface area contributed by atoms with Crippen LogP contribution in [0, 0.1) is 5.41 Å². The number of rotatable bonds is 3. The third-order valence-electron chi connectivity index (χ3n) is 4.96. The molecular formula is C14H23NO3. The van der Waals surface area contributed by atoms with Crippen LogP contribution in [0.4, 0.5) is 0 Å². The van der Waals surface area contributed by atoms with E-state index in [1.807, 2.05) is 0 Å². The molecule has 102 valence electrons. The average Bonchev–Trinajstić information content (AvgIpc) is 2.62. The van der Waals surface area contributed by atoms with Gasteiger partial charge in [-0.3, -0.25) is 4.90 Å². The summed E-state index contributed by atoms with van der Waals surface area (Å²) in [6.07, 6.45) is 7.05. The lowest BCUT2D eigenvalue weighted by molar-refractivity contribution is -0.127. The summed E-state index contributed by atoms with van der Waals surface area (Å²) in [7, 11) is 0. The molecule has 3 atom stereocenters. The molecule has 0 saturated carbocycles. The molecule has 3 unspecified atom stereocenters. The molecule has 2 bridgehead atoms. The maximum atomic E-state index is 11.5. The van der Waals surface area contributed by atoms with Crippen molar-refractivity contribution in [2.75, 3.05) is 19.8 Å². The number of aliphatic hydroxyl groups excluding tert-OH is 1. The Morgan fingerprint density at radius 2 is 2.06 bits per heavy atom. The van der Waals surface area contributed by atoms with Crippen LogP contribution >= 0.6 is 0 Å². The van der Waals surface area contributed by atoms with Crippen LogP contribution in [-0.4, -0.2) is 54.2 Å². The number of aldehydes is 1. The van der Waals surface area contributed by atoms with E-state index >= 15 is 0 Å². The van der Waals surface area contributed by atoms with E-state index in [9.17, 15) is 9.90 Å². The van der Waals surface area contributed by atoms with Gasteiger partial charge in [0.1, 0.15) is 6.29 Å². The lowest BCUT2D eigenvalue weighted by atomic mass is 9.82. The zero-order valence-corrected chi connectivity index (χ0v) is 10.9. The van der Waals surface area contributed by atoms with E-state index in [0.29, 0.717) is 18.7 Å². The Bertz CT molecular complexity index is 300. The van der Waals surface area contributed by atoms with Crippen molar-refractivity contribution >= 4 is 6.29 Å². The molecule has 1 N–H and O–H groups in total. The van der Waals surface area contributed by atoms with E-state index < -0.39 is 0 Å². The lowest BCUT2D eigenvalue weighted by Crippen LogP contribution is -2.52. The summed E-state index contributed by atoms with van der Waals surface area (Å²) in [5.74, 6) is 0. The smallest absolute Gasteiger partial charge is 0.129 e. The number of nitrogens with zero attached hydrogens (tertiary/aromatic N) is 1. The Balaban J connectivity index is 1.70. The number of carbonyl (C=O) groups is 1. The first kappa shape index (κ1) is 12.6. The van der Waals surface area contributed by atoms with Crippen molar-refractivity contribution in [2.45, 2.75) is 56.7 Å². The van der Waals surface area contributed by atoms with Gasteiger partial charge in [-0.25, -0.2) is 0 Å². The highest BCUT2D eigenvalue weighted by Gasteiger charge is 2.44. The van der Waals surface area contributed by atoms with E-state index in [1.54, 1.807) is 0 Å². The number of ether oxygens (including phenoxy) is 1. The standard InChI is InChI=1S/C14H23NO3/c16-9-14(4-1-5-18-10-14)8-15-11-2-3-12(15)7-13(17)6-11/h9,11-13,17H,1-8,10H2. The van der Waals surface area contributed by atoms with Crippen molar-refractivity contribution < 1.29 is 14.6 Å². The van der Waals surface area contributed by atoms with E-state index in [1.165, 1.54) is 12.8 Å². The van der Waals surface area contributed by atoms with Gasteiger partial charge < -0.3 is 14.6 Å². The van der Waals surface area contributed by atoms with Crippen LogP contribution in [-0.2, 0) is 9.53 Å². The monoisotopic (exact) mass is 253 g/mol. The Kier molecular flexibility index (Phi) is 3.43. The molecule has 0 amide bonds. The first-order valence-corrected chi connectivity index (χ1v) is 7.20. The molecule has 18 heavy (non-hydrogen) atoms. The predicted molar refractivity (Wildman–Crippen MR) is 67.3 cm³/mol. The number of fused-ring (bicyclic) bond motifs is 2. The van der Waals surface area contributed by atoms with Gasteiger partial charge in [-0.1, -0.05) is 0 Å². The predicted octanol–water partition coefficient (Wildman–Crippen LogP) is 0.970. The van der Waals surface area contributed by atoms with Crippen LogP contribution in [0.1, 0.15) is 38.5 Å². The summed E-state index contributed by atoms with van der Waals surface area (Å²) in [5, 5.41) is 9.81. The van der Waals surface area contributed by atoms with Crippen molar-refractivity contribution in [1.29, 1.82) is 0 Å². The van der Waals surface area contributed by atoms with Crippen LogP contribution in [0.25, 0.3) is 0 Å². The number of carbonyl (C=O) groups excluding carboxylic acids is 1. The molecule has 0 radical (unpaired) electrons. The maximum Gasteiger partial charge on any atom is 0.129 e. The van der Waals surface area contributed by atoms with Gasteiger partial charge in [0.2, 0.25) is 0 Å². The van der Waals surface area contributed by atoms with Crippen molar-refractivity contribution in [3.8, 4) is 0 Å². The number of hydrogen-bond acceptors (Lipinski definition) is 4. The fourth-order valence-electron chi connectivity index (χ4n) is 4.00. The number of aliphatic hydroxyl groups is 1.